The van der Waals surface area contributed by atoms with Crippen LogP contribution in [0.5, 0.6) is 0 Å². The maximum absolute atomic E-state index is 12.8. The molecule has 2 atom stereocenters. The van der Waals surface area contributed by atoms with Gasteiger partial charge in [0.2, 0.25) is 5.91 Å². The van der Waals surface area contributed by atoms with Crippen molar-refractivity contribution >= 4 is 16.9 Å². The van der Waals surface area contributed by atoms with Gasteiger partial charge >= 0.3 is 0 Å². The first-order valence-corrected chi connectivity index (χ1v) is 9.76. The van der Waals surface area contributed by atoms with E-state index in [1.165, 1.54) is 0 Å². The summed E-state index contributed by atoms with van der Waals surface area (Å²) >= 11 is 0. The van der Waals surface area contributed by atoms with E-state index in [1.54, 1.807) is 12.4 Å². The normalized spacial score (nSPS) is 29.6. The van der Waals surface area contributed by atoms with Crippen molar-refractivity contribution in [1.29, 1.82) is 0 Å². The largest absolute Gasteiger partial charge is 0.338 e. The van der Waals surface area contributed by atoms with E-state index in [9.17, 15) is 9.00 Å². The van der Waals surface area contributed by atoms with Crippen LogP contribution in [0.4, 0.5) is 0 Å². The number of nitrogens with zero attached hydrogens (tertiary/aromatic N) is 2. The Hall–Kier alpha value is -1.27. The fourth-order valence-corrected chi connectivity index (χ4v) is 4.93. The van der Waals surface area contributed by atoms with Crippen LogP contribution in [0.2, 0.25) is 0 Å². The number of pyridine rings is 1. The molecule has 1 aromatic heterocycles. The van der Waals surface area contributed by atoms with Gasteiger partial charge in [-0.25, -0.2) is 8.93 Å². The second-order valence-electron chi connectivity index (χ2n) is 7.99. The molecule has 1 saturated carbocycles. The van der Waals surface area contributed by atoms with Crippen molar-refractivity contribution in [2.45, 2.75) is 62.8 Å². The van der Waals surface area contributed by atoms with E-state index in [0.717, 1.165) is 31.2 Å². The van der Waals surface area contributed by atoms with Crippen LogP contribution in [-0.2, 0) is 15.8 Å². The highest BCUT2D eigenvalue weighted by Gasteiger charge is 2.54. The number of rotatable bonds is 4. The average Bonchev–Trinajstić information content (AvgIpc) is 2.57. The summed E-state index contributed by atoms with van der Waals surface area (Å²) in [5, 5.41) is 0. The molecule has 2 saturated heterocycles. The fraction of sp³-hybridized carbons (Fsp3) is 0.667. The molecule has 0 spiro atoms. The third-order valence-corrected chi connectivity index (χ3v) is 7.12. The third kappa shape index (κ3) is 2.90. The number of carbonyl (C=O) groups is 1. The molecule has 0 aromatic carbocycles. The van der Waals surface area contributed by atoms with Gasteiger partial charge in [-0.3, -0.25) is 9.78 Å². The number of piperidine rings is 2. The number of amides is 1. The molecule has 1 aromatic rings. The highest BCUT2D eigenvalue weighted by molar-refractivity contribution is 7.84. The Kier molecular flexibility index (Phi) is 4.55. The SMILES string of the molecule is CN1C(=O)C2CCC1([C@H](NS(=O)C(C)(C)C)c1ccncc1)CC2. The van der Waals surface area contributed by atoms with Gasteiger partial charge in [-0.2, -0.15) is 0 Å². The quantitative estimate of drug-likeness (QED) is 0.909. The van der Waals surface area contributed by atoms with Gasteiger partial charge in [0.15, 0.2) is 0 Å². The number of carbonyl (C=O) groups excluding carboxylic acids is 1. The Morgan fingerprint density at radius 1 is 1.29 bits per heavy atom. The molecule has 3 heterocycles. The molecule has 3 fully saturated rings. The van der Waals surface area contributed by atoms with Gasteiger partial charge in [-0.15, -0.1) is 0 Å². The molecule has 1 aliphatic carbocycles. The van der Waals surface area contributed by atoms with Gasteiger partial charge in [-0.05, 0) is 64.2 Å². The minimum Gasteiger partial charge on any atom is -0.338 e. The predicted molar refractivity (Wildman–Crippen MR) is 95.5 cm³/mol. The number of hydrogen-bond acceptors (Lipinski definition) is 3. The minimum absolute atomic E-state index is 0.157. The molecule has 1 N–H and O–H groups in total. The summed E-state index contributed by atoms with van der Waals surface area (Å²) in [6.07, 6.45) is 7.26. The molecule has 1 unspecified atom stereocenters. The van der Waals surface area contributed by atoms with E-state index < -0.39 is 11.0 Å². The van der Waals surface area contributed by atoms with Crippen molar-refractivity contribution in [3.05, 3.63) is 30.1 Å². The van der Waals surface area contributed by atoms with E-state index in [1.807, 2.05) is 44.9 Å². The molecule has 5 nitrogen and oxygen atoms in total. The summed E-state index contributed by atoms with van der Waals surface area (Å²) in [7, 11) is 0.692. The molecule has 2 aliphatic heterocycles. The molecule has 6 heteroatoms. The smallest absolute Gasteiger partial charge is 0.225 e. The number of nitrogens with one attached hydrogen (secondary N) is 1. The van der Waals surface area contributed by atoms with E-state index in [-0.39, 0.29) is 28.2 Å². The molecule has 0 radical (unpaired) electrons. The second kappa shape index (κ2) is 6.23. The van der Waals surface area contributed by atoms with Gasteiger partial charge in [0.1, 0.15) is 0 Å². The first-order valence-electron chi connectivity index (χ1n) is 8.61. The lowest BCUT2D eigenvalue weighted by Gasteiger charge is -2.56. The zero-order chi connectivity index (χ0) is 17.5. The van der Waals surface area contributed by atoms with Crippen LogP contribution in [0.25, 0.3) is 0 Å². The molecule has 1 amide bonds. The topological polar surface area (TPSA) is 62.3 Å². The molecule has 132 valence electrons. The Labute approximate surface area is 146 Å². The van der Waals surface area contributed by atoms with Crippen LogP contribution in [0.15, 0.2) is 24.5 Å². The van der Waals surface area contributed by atoms with Gasteiger partial charge in [0.05, 0.1) is 27.3 Å². The number of fused-ring (bicyclic) bond motifs is 3. The van der Waals surface area contributed by atoms with Crippen LogP contribution < -0.4 is 4.72 Å². The predicted octanol–water partition coefficient (Wildman–Crippen LogP) is 2.58. The molecule has 4 rings (SSSR count). The number of likely N-dealkylation sites (N-methyl/N-ethyl adjacent to an activating group) is 1. The third-order valence-electron chi connectivity index (χ3n) is 5.56. The Morgan fingerprint density at radius 2 is 1.88 bits per heavy atom. The summed E-state index contributed by atoms with van der Waals surface area (Å²) in [5.41, 5.74) is 0.733. The molecule has 3 aliphatic rings. The summed E-state index contributed by atoms with van der Waals surface area (Å²) < 4.78 is 15.8. The first-order chi connectivity index (χ1) is 11.3. The van der Waals surface area contributed by atoms with Crippen LogP contribution in [0.1, 0.15) is 58.1 Å². The Balaban J connectivity index is 2.01. The van der Waals surface area contributed by atoms with Gasteiger partial charge in [0.25, 0.3) is 0 Å². The fourth-order valence-electron chi connectivity index (χ4n) is 4.00. The van der Waals surface area contributed by atoms with Crippen molar-refractivity contribution in [2.75, 3.05) is 7.05 Å². The minimum atomic E-state index is -1.21. The van der Waals surface area contributed by atoms with E-state index in [2.05, 4.69) is 9.71 Å². The Bertz CT molecular complexity index is 633. The highest BCUT2D eigenvalue weighted by Crippen LogP contribution is 2.49. The number of hydrogen-bond donors (Lipinski definition) is 1. The lowest BCUT2D eigenvalue weighted by molar-refractivity contribution is -0.155. The van der Waals surface area contributed by atoms with Crippen molar-refractivity contribution in [2.24, 2.45) is 5.92 Å². The van der Waals surface area contributed by atoms with E-state index in [4.69, 9.17) is 0 Å². The monoisotopic (exact) mass is 349 g/mol. The standard InChI is InChI=1S/C18H27N3O2S/c1-17(2,3)24(23)20-15(13-7-11-19-12-8-13)18-9-5-14(6-10-18)16(22)21(18)4/h7-8,11-12,14-15,20H,5-6,9-10H2,1-4H3/t14?,15-,18?,24?/m1/s1. The van der Waals surface area contributed by atoms with Gasteiger partial charge in [0, 0.05) is 25.4 Å². The first kappa shape index (κ1) is 17.5. The molecular formula is C18H27N3O2S. The van der Waals surface area contributed by atoms with Crippen molar-refractivity contribution in [1.82, 2.24) is 14.6 Å². The lowest BCUT2D eigenvalue weighted by Crippen LogP contribution is -2.65. The van der Waals surface area contributed by atoms with Crippen molar-refractivity contribution < 1.29 is 9.00 Å². The summed E-state index contributed by atoms with van der Waals surface area (Å²) in [4.78, 5) is 18.6. The van der Waals surface area contributed by atoms with Crippen LogP contribution in [0.3, 0.4) is 0 Å². The summed E-state index contributed by atoms with van der Waals surface area (Å²) in [6.45, 7) is 5.89. The second-order valence-corrected chi connectivity index (χ2v) is 9.99. The van der Waals surface area contributed by atoms with Crippen molar-refractivity contribution in [3.63, 3.8) is 0 Å². The zero-order valence-corrected chi connectivity index (χ0v) is 15.7. The lowest BCUT2D eigenvalue weighted by atomic mass is 9.66. The zero-order valence-electron chi connectivity index (χ0n) is 14.9. The average molecular weight is 350 g/mol. The number of aromatic nitrogens is 1. The molecule has 2 bridgehead atoms. The van der Waals surface area contributed by atoms with Gasteiger partial charge < -0.3 is 4.90 Å². The van der Waals surface area contributed by atoms with E-state index in [0.29, 0.717) is 0 Å². The summed E-state index contributed by atoms with van der Waals surface area (Å²) in [5.74, 6) is 0.401. The molecular weight excluding hydrogens is 322 g/mol. The maximum atomic E-state index is 12.8. The maximum Gasteiger partial charge on any atom is 0.225 e. The van der Waals surface area contributed by atoms with Crippen LogP contribution in [0, 0.1) is 5.92 Å². The van der Waals surface area contributed by atoms with E-state index >= 15 is 0 Å². The van der Waals surface area contributed by atoms with Crippen molar-refractivity contribution in [3.8, 4) is 0 Å². The van der Waals surface area contributed by atoms with Crippen LogP contribution >= 0.6 is 0 Å². The highest BCUT2D eigenvalue weighted by atomic mass is 32.2. The Morgan fingerprint density at radius 3 is 2.42 bits per heavy atom. The van der Waals surface area contributed by atoms with Crippen LogP contribution in [-0.4, -0.2) is 37.3 Å². The van der Waals surface area contributed by atoms with Gasteiger partial charge in [-0.1, -0.05) is 0 Å². The summed E-state index contributed by atoms with van der Waals surface area (Å²) in [6, 6.07) is 3.77. The molecule has 24 heavy (non-hydrogen) atoms.